The number of alkyl halides is 3. The Morgan fingerprint density at radius 2 is 2.00 bits per heavy atom. The van der Waals surface area contributed by atoms with E-state index in [1.165, 1.54) is 18.2 Å². The maximum absolute atomic E-state index is 12.5. The zero-order chi connectivity index (χ0) is 12.3. The van der Waals surface area contributed by atoms with Crippen LogP contribution in [0.2, 0.25) is 5.02 Å². The lowest BCUT2D eigenvalue weighted by Crippen LogP contribution is -2.10. The number of halogens is 4. The Hall–Kier alpha value is -1.00. The van der Waals surface area contributed by atoms with Crippen LogP contribution < -0.4 is 5.73 Å². The van der Waals surface area contributed by atoms with Gasteiger partial charge in [0.1, 0.15) is 0 Å². The van der Waals surface area contributed by atoms with Gasteiger partial charge in [0.25, 0.3) is 0 Å². The molecule has 16 heavy (non-hydrogen) atoms. The van der Waals surface area contributed by atoms with Crippen LogP contribution in [0.3, 0.4) is 0 Å². The summed E-state index contributed by atoms with van der Waals surface area (Å²) in [6.07, 6.45) is -1.28. The predicted octanol–water partition coefficient (Wildman–Crippen LogP) is 3.72. The van der Waals surface area contributed by atoms with E-state index >= 15 is 0 Å². The molecular formula is C11H11ClF3N. The van der Waals surface area contributed by atoms with E-state index in [9.17, 15) is 13.2 Å². The topological polar surface area (TPSA) is 26.0 Å². The molecule has 0 aliphatic heterocycles. The Bertz CT molecular complexity index is 397. The Balaban J connectivity index is 3.08. The first-order valence-electron chi connectivity index (χ1n) is 4.61. The smallest absolute Gasteiger partial charge is 0.325 e. The summed E-state index contributed by atoms with van der Waals surface area (Å²) in [5, 5.41) is -0.301. The van der Waals surface area contributed by atoms with Gasteiger partial charge in [-0.2, -0.15) is 13.2 Å². The Kier molecular flexibility index (Phi) is 3.99. The second kappa shape index (κ2) is 4.89. The fraction of sp³-hybridized carbons (Fsp3) is 0.273. The van der Waals surface area contributed by atoms with Gasteiger partial charge in [-0.25, -0.2) is 0 Å². The van der Waals surface area contributed by atoms with Crippen LogP contribution in [0, 0.1) is 0 Å². The van der Waals surface area contributed by atoms with E-state index in [4.69, 9.17) is 17.3 Å². The van der Waals surface area contributed by atoms with E-state index in [2.05, 4.69) is 0 Å². The Labute approximate surface area is 96.7 Å². The second-order valence-corrected chi connectivity index (χ2v) is 3.86. The van der Waals surface area contributed by atoms with E-state index in [-0.39, 0.29) is 11.1 Å². The van der Waals surface area contributed by atoms with Gasteiger partial charge in [-0.1, -0.05) is 29.8 Å². The second-order valence-electron chi connectivity index (χ2n) is 3.46. The number of hydrogen-bond acceptors (Lipinski definition) is 1. The molecule has 1 rings (SSSR count). The van der Waals surface area contributed by atoms with Gasteiger partial charge < -0.3 is 5.73 Å². The molecule has 0 spiro atoms. The fourth-order valence-electron chi connectivity index (χ4n) is 1.13. The van der Waals surface area contributed by atoms with Crippen LogP contribution in [0.15, 0.2) is 24.3 Å². The van der Waals surface area contributed by atoms with Crippen molar-refractivity contribution in [1.29, 1.82) is 0 Å². The molecule has 0 amide bonds. The minimum Gasteiger partial charge on any atom is -0.325 e. The van der Waals surface area contributed by atoms with E-state index in [1.54, 1.807) is 13.0 Å². The molecule has 0 saturated carbocycles. The van der Waals surface area contributed by atoms with Gasteiger partial charge in [0.15, 0.2) is 0 Å². The summed E-state index contributed by atoms with van der Waals surface area (Å²) < 4.78 is 37.5. The van der Waals surface area contributed by atoms with Crippen molar-refractivity contribution < 1.29 is 13.2 Å². The molecular weight excluding hydrogens is 239 g/mol. The molecule has 1 aromatic carbocycles. The number of hydrogen-bond donors (Lipinski definition) is 1. The monoisotopic (exact) mass is 249 g/mol. The summed E-state index contributed by atoms with van der Waals surface area (Å²) in [6, 6.07) is 3.54. The van der Waals surface area contributed by atoms with Gasteiger partial charge in [0, 0.05) is 6.04 Å². The Morgan fingerprint density at radius 3 is 2.50 bits per heavy atom. The normalized spacial score (nSPS) is 14.4. The first-order valence-corrected chi connectivity index (χ1v) is 4.99. The first kappa shape index (κ1) is 13.1. The molecule has 1 atom stereocenters. The molecule has 0 saturated heterocycles. The average molecular weight is 250 g/mol. The summed E-state index contributed by atoms with van der Waals surface area (Å²) in [4.78, 5) is 0. The van der Waals surface area contributed by atoms with E-state index in [0.29, 0.717) is 5.56 Å². The summed E-state index contributed by atoms with van der Waals surface area (Å²) >= 11 is 5.47. The Morgan fingerprint density at radius 1 is 1.38 bits per heavy atom. The molecule has 1 aromatic rings. The van der Waals surface area contributed by atoms with Crippen molar-refractivity contribution in [3.63, 3.8) is 0 Å². The summed E-state index contributed by atoms with van der Waals surface area (Å²) in [6.45, 7) is 1.73. The molecule has 2 N–H and O–H groups in total. The van der Waals surface area contributed by atoms with Crippen molar-refractivity contribution in [2.45, 2.75) is 19.1 Å². The van der Waals surface area contributed by atoms with Crippen LogP contribution in [0.25, 0.3) is 6.08 Å². The lowest BCUT2D eigenvalue weighted by molar-refractivity contribution is -0.137. The van der Waals surface area contributed by atoms with Gasteiger partial charge in [0.2, 0.25) is 0 Å². The molecule has 0 aromatic heterocycles. The third-order valence-electron chi connectivity index (χ3n) is 1.89. The molecule has 5 heteroatoms. The molecule has 0 heterocycles. The highest BCUT2D eigenvalue weighted by Gasteiger charge is 2.33. The molecule has 0 radical (unpaired) electrons. The largest absolute Gasteiger partial charge is 0.417 e. The molecule has 0 bridgehead atoms. The van der Waals surface area contributed by atoms with Gasteiger partial charge >= 0.3 is 6.18 Å². The molecule has 1 nitrogen and oxygen atoms in total. The minimum absolute atomic E-state index is 0.204. The third kappa shape index (κ3) is 3.54. The molecule has 88 valence electrons. The minimum atomic E-state index is -4.44. The van der Waals surface area contributed by atoms with Crippen LogP contribution in [-0.4, -0.2) is 6.04 Å². The van der Waals surface area contributed by atoms with Crippen molar-refractivity contribution in [2.75, 3.05) is 0 Å². The third-order valence-corrected chi connectivity index (χ3v) is 2.22. The lowest BCUT2D eigenvalue weighted by Gasteiger charge is -2.09. The van der Waals surface area contributed by atoms with E-state index in [1.807, 2.05) is 0 Å². The molecule has 0 aliphatic carbocycles. The highest BCUT2D eigenvalue weighted by molar-refractivity contribution is 6.31. The molecule has 0 aliphatic rings. The zero-order valence-electron chi connectivity index (χ0n) is 8.55. The van der Waals surface area contributed by atoms with Gasteiger partial charge in [-0.15, -0.1) is 0 Å². The van der Waals surface area contributed by atoms with Crippen LogP contribution in [0.4, 0.5) is 13.2 Å². The van der Waals surface area contributed by atoms with Crippen molar-refractivity contribution >= 4 is 17.7 Å². The number of rotatable bonds is 2. The SMILES string of the molecule is CC(N)/C=C/c1ccc(Cl)c(C(F)(F)F)c1. The fourth-order valence-corrected chi connectivity index (χ4v) is 1.35. The maximum atomic E-state index is 12.5. The van der Waals surface area contributed by atoms with Crippen LogP contribution >= 0.6 is 11.6 Å². The van der Waals surface area contributed by atoms with Crippen molar-refractivity contribution in [2.24, 2.45) is 5.73 Å². The van der Waals surface area contributed by atoms with Crippen molar-refractivity contribution in [3.8, 4) is 0 Å². The number of nitrogens with two attached hydrogens (primary N) is 1. The highest BCUT2D eigenvalue weighted by Crippen LogP contribution is 2.35. The van der Waals surface area contributed by atoms with Crippen LogP contribution in [0.1, 0.15) is 18.1 Å². The molecule has 1 unspecified atom stereocenters. The van der Waals surface area contributed by atoms with E-state index < -0.39 is 11.7 Å². The zero-order valence-corrected chi connectivity index (χ0v) is 9.31. The lowest BCUT2D eigenvalue weighted by atomic mass is 10.1. The maximum Gasteiger partial charge on any atom is 0.417 e. The van der Waals surface area contributed by atoms with Crippen molar-refractivity contribution in [1.82, 2.24) is 0 Å². The summed E-state index contributed by atoms with van der Waals surface area (Å²) in [7, 11) is 0. The number of benzene rings is 1. The van der Waals surface area contributed by atoms with Gasteiger partial charge in [-0.3, -0.25) is 0 Å². The van der Waals surface area contributed by atoms with Crippen LogP contribution in [0.5, 0.6) is 0 Å². The molecule has 0 fully saturated rings. The first-order chi connectivity index (χ1) is 7.30. The van der Waals surface area contributed by atoms with Crippen molar-refractivity contribution in [3.05, 3.63) is 40.4 Å². The predicted molar refractivity (Wildman–Crippen MR) is 59.1 cm³/mol. The van der Waals surface area contributed by atoms with E-state index in [0.717, 1.165) is 6.07 Å². The van der Waals surface area contributed by atoms with Gasteiger partial charge in [0.05, 0.1) is 10.6 Å². The van der Waals surface area contributed by atoms with Gasteiger partial charge in [-0.05, 0) is 24.6 Å². The van der Waals surface area contributed by atoms with Crippen LogP contribution in [-0.2, 0) is 6.18 Å². The summed E-state index contributed by atoms with van der Waals surface area (Å²) in [5.74, 6) is 0. The quantitative estimate of drug-likeness (QED) is 0.849. The summed E-state index contributed by atoms with van der Waals surface area (Å²) in [5.41, 5.74) is 5.05. The highest BCUT2D eigenvalue weighted by atomic mass is 35.5. The standard InChI is InChI=1S/C11H11ClF3N/c1-7(16)2-3-8-4-5-10(12)9(6-8)11(13,14)15/h2-7H,16H2,1H3/b3-2+. The average Bonchev–Trinajstić information content (AvgIpc) is 2.14.